The lowest BCUT2D eigenvalue weighted by molar-refractivity contribution is -0.148. The highest BCUT2D eigenvalue weighted by molar-refractivity contribution is 5.75. The van der Waals surface area contributed by atoms with Crippen molar-refractivity contribution in [1.82, 2.24) is 9.88 Å². The SMILES string of the molecule is COC(=O)C1CCCCN1Cc1nc(-c2cc(F)cc(F)c2)oc1C. The minimum atomic E-state index is -0.686. The van der Waals surface area contributed by atoms with E-state index in [9.17, 15) is 13.6 Å². The van der Waals surface area contributed by atoms with Crippen LogP contribution in [0.2, 0.25) is 0 Å². The average Bonchev–Trinajstić information content (AvgIpc) is 2.95. The van der Waals surface area contributed by atoms with Crippen molar-refractivity contribution in [3.8, 4) is 11.5 Å². The Balaban J connectivity index is 1.83. The maximum Gasteiger partial charge on any atom is 0.323 e. The van der Waals surface area contributed by atoms with Gasteiger partial charge in [-0.05, 0) is 38.4 Å². The van der Waals surface area contributed by atoms with Crippen LogP contribution in [0.4, 0.5) is 8.78 Å². The number of piperidine rings is 1. The van der Waals surface area contributed by atoms with Gasteiger partial charge >= 0.3 is 5.97 Å². The Labute approximate surface area is 144 Å². The van der Waals surface area contributed by atoms with E-state index in [-0.39, 0.29) is 23.5 Å². The van der Waals surface area contributed by atoms with Gasteiger partial charge in [-0.1, -0.05) is 6.42 Å². The van der Waals surface area contributed by atoms with Crippen LogP contribution in [0.25, 0.3) is 11.5 Å². The lowest BCUT2D eigenvalue weighted by atomic mass is 10.0. The van der Waals surface area contributed by atoms with Crippen LogP contribution in [0, 0.1) is 18.6 Å². The highest BCUT2D eigenvalue weighted by atomic mass is 19.1. The van der Waals surface area contributed by atoms with Gasteiger partial charge in [-0.2, -0.15) is 0 Å². The van der Waals surface area contributed by atoms with E-state index in [0.29, 0.717) is 18.0 Å². The van der Waals surface area contributed by atoms with E-state index in [1.54, 1.807) is 6.92 Å². The number of carbonyl (C=O) groups is 1. The van der Waals surface area contributed by atoms with Gasteiger partial charge in [0.25, 0.3) is 0 Å². The second-order valence-corrected chi connectivity index (χ2v) is 6.19. The first-order valence-electron chi connectivity index (χ1n) is 8.22. The van der Waals surface area contributed by atoms with Gasteiger partial charge in [0.2, 0.25) is 5.89 Å². The summed E-state index contributed by atoms with van der Waals surface area (Å²) in [6.45, 7) is 2.93. The topological polar surface area (TPSA) is 55.6 Å². The Morgan fingerprint density at radius 3 is 2.72 bits per heavy atom. The van der Waals surface area contributed by atoms with Gasteiger partial charge in [0.05, 0.1) is 12.8 Å². The first kappa shape index (κ1) is 17.5. The molecule has 0 spiro atoms. The van der Waals surface area contributed by atoms with Gasteiger partial charge in [-0.25, -0.2) is 13.8 Å². The molecule has 0 bridgehead atoms. The van der Waals surface area contributed by atoms with E-state index in [0.717, 1.165) is 31.9 Å². The molecule has 0 saturated carbocycles. The van der Waals surface area contributed by atoms with E-state index in [2.05, 4.69) is 4.98 Å². The Morgan fingerprint density at radius 2 is 2.04 bits per heavy atom. The molecule has 1 unspecified atom stereocenters. The van der Waals surface area contributed by atoms with Gasteiger partial charge in [0.1, 0.15) is 23.4 Å². The number of hydrogen-bond donors (Lipinski definition) is 0. The van der Waals surface area contributed by atoms with Crippen molar-refractivity contribution < 1.29 is 22.7 Å². The monoisotopic (exact) mass is 350 g/mol. The Morgan fingerprint density at radius 1 is 1.32 bits per heavy atom. The molecule has 2 aromatic rings. The zero-order valence-corrected chi connectivity index (χ0v) is 14.2. The molecule has 5 nitrogen and oxygen atoms in total. The Kier molecular flexibility index (Phi) is 5.13. The summed E-state index contributed by atoms with van der Waals surface area (Å²) in [5.41, 5.74) is 0.894. The molecule has 1 aliphatic heterocycles. The van der Waals surface area contributed by atoms with Crippen molar-refractivity contribution >= 4 is 5.97 Å². The third-order valence-corrected chi connectivity index (χ3v) is 4.44. The van der Waals surface area contributed by atoms with E-state index < -0.39 is 11.6 Å². The Hall–Kier alpha value is -2.28. The van der Waals surface area contributed by atoms with Gasteiger partial charge in [0.15, 0.2) is 0 Å². The number of oxazole rings is 1. The number of aryl methyl sites for hydroxylation is 1. The molecule has 1 aromatic heterocycles. The summed E-state index contributed by atoms with van der Waals surface area (Å²) in [6.07, 6.45) is 2.71. The predicted octanol–water partition coefficient (Wildman–Crippen LogP) is 3.46. The van der Waals surface area contributed by atoms with Gasteiger partial charge in [0, 0.05) is 18.2 Å². The van der Waals surface area contributed by atoms with Gasteiger partial charge in [-0.15, -0.1) is 0 Å². The number of rotatable bonds is 4. The number of aromatic nitrogens is 1. The number of hydrogen-bond acceptors (Lipinski definition) is 5. The first-order chi connectivity index (χ1) is 12.0. The third kappa shape index (κ3) is 3.87. The molecule has 7 heteroatoms. The number of esters is 1. The van der Waals surface area contributed by atoms with E-state index in [1.807, 2.05) is 4.90 Å². The van der Waals surface area contributed by atoms with Crippen LogP contribution in [0.15, 0.2) is 22.6 Å². The van der Waals surface area contributed by atoms with Crippen molar-refractivity contribution in [1.29, 1.82) is 0 Å². The molecule has 1 atom stereocenters. The van der Waals surface area contributed by atoms with Crippen LogP contribution in [-0.2, 0) is 16.1 Å². The molecular formula is C18H20F2N2O3. The number of carbonyl (C=O) groups excluding carboxylic acids is 1. The van der Waals surface area contributed by atoms with E-state index >= 15 is 0 Å². The molecule has 1 aliphatic rings. The summed E-state index contributed by atoms with van der Waals surface area (Å²) in [4.78, 5) is 18.4. The number of nitrogens with zero attached hydrogens (tertiary/aromatic N) is 2. The second-order valence-electron chi connectivity index (χ2n) is 6.19. The van der Waals surface area contributed by atoms with E-state index in [4.69, 9.17) is 9.15 Å². The highest BCUT2D eigenvalue weighted by Crippen LogP contribution is 2.26. The molecule has 0 amide bonds. The smallest absolute Gasteiger partial charge is 0.323 e. The van der Waals surface area contributed by atoms with Crippen LogP contribution in [0.3, 0.4) is 0 Å². The number of benzene rings is 1. The van der Waals surface area contributed by atoms with Gasteiger partial charge in [-0.3, -0.25) is 9.69 Å². The van der Waals surface area contributed by atoms with Crippen LogP contribution in [0.5, 0.6) is 0 Å². The molecule has 134 valence electrons. The quantitative estimate of drug-likeness (QED) is 0.791. The standard InChI is InChI=1S/C18H20F2N2O3/c1-11-15(10-22-6-4-3-5-16(22)18(23)24-2)21-17(25-11)12-7-13(19)9-14(20)8-12/h7-9,16H,3-6,10H2,1-2H3. The third-order valence-electron chi connectivity index (χ3n) is 4.44. The summed E-state index contributed by atoms with van der Waals surface area (Å²) < 4.78 is 37.3. The minimum absolute atomic E-state index is 0.164. The highest BCUT2D eigenvalue weighted by Gasteiger charge is 2.30. The summed E-state index contributed by atoms with van der Waals surface area (Å²) >= 11 is 0. The maximum absolute atomic E-state index is 13.4. The molecule has 1 aromatic carbocycles. The molecule has 1 fully saturated rings. The zero-order chi connectivity index (χ0) is 18.0. The predicted molar refractivity (Wildman–Crippen MR) is 86.7 cm³/mol. The maximum atomic E-state index is 13.4. The lowest BCUT2D eigenvalue weighted by Crippen LogP contribution is -2.44. The Bertz CT molecular complexity index is 755. The fraction of sp³-hybridized carbons (Fsp3) is 0.444. The number of ether oxygens (including phenoxy) is 1. The van der Waals surface area contributed by atoms with Crippen molar-refractivity contribution in [3.05, 3.63) is 41.3 Å². The summed E-state index contributed by atoms with van der Waals surface area (Å²) in [5.74, 6) is -0.900. The molecule has 1 saturated heterocycles. The van der Waals surface area contributed by atoms with Crippen molar-refractivity contribution in [2.24, 2.45) is 0 Å². The number of halogens is 2. The molecule has 3 rings (SSSR count). The zero-order valence-electron chi connectivity index (χ0n) is 14.2. The molecule has 0 N–H and O–H groups in total. The van der Waals surface area contributed by atoms with Crippen molar-refractivity contribution in [3.63, 3.8) is 0 Å². The van der Waals surface area contributed by atoms with Crippen LogP contribution >= 0.6 is 0 Å². The summed E-state index contributed by atoms with van der Waals surface area (Å²) in [7, 11) is 1.38. The average molecular weight is 350 g/mol. The second kappa shape index (κ2) is 7.31. The molecule has 0 radical (unpaired) electrons. The normalized spacial score (nSPS) is 18.3. The first-order valence-corrected chi connectivity index (χ1v) is 8.22. The number of likely N-dealkylation sites (tertiary alicyclic amines) is 1. The van der Waals surface area contributed by atoms with Crippen molar-refractivity contribution in [2.45, 2.75) is 38.8 Å². The number of methoxy groups -OCH3 is 1. The summed E-state index contributed by atoms with van der Waals surface area (Å²) in [5, 5.41) is 0. The summed E-state index contributed by atoms with van der Waals surface area (Å²) in [6, 6.07) is 2.85. The minimum Gasteiger partial charge on any atom is -0.468 e. The lowest BCUT2D eigenvalue weighted by Gasteiger charge is -2.33. The molecule has 25 heavy (non-hydrogen) atoms. The van der Waals surface area contributed by atoms with Gasteiger partial charge < -0.3 is 9.15 Å². The van der Waals surface area contributed by atoms with Crippen LogP contribution in [0.1, 0.15) is 30.7 Å². The van der Waals surface area contributed by atoms with Crippen LogP contribution in [-0.4, -0.2) is 35.5 Å². The van der Waals surface area contributed by atoms with Crippen molar-refractivity contribution in [2.75, 3.05) is 13.7 Å². The van der Waals surface area contributed by atoms with Crippen LogP contribution < -0.4 is 0 Å². The molecular weight excluding hydrogens is 330 g/mol. The fourth-order valence-electron chi connectivity index (χ4n) is 3.15. The van der Waals surface area contributed by atoms with E-state index in [1.165, 1.54) is 19.2 Å². The largest absolute Gasteiger partial charge is 0.468 e. The molecule has 2 heterocycles. The fourth-order valence-corrected chi connectivity index (χ4v) is 3.15. The molecule has 0 aliphatic carbocycles.